The lowest BCUT2D eigenvalue weighted by Gasteiger charge is -2.18. The summed E-state index contributed by atoms with van der Waals surface area (Å²) in [6.45, 7) is 6.54. The van der Waals surface area contributed by atoms with Crippen LogP contribution < -0.4 is 0 Å². The lowest BCUT2D eigenvalue weighted by atomic mass is 9.93. The van der Waals surface area contributed by atoms with Crippen molar-refractivity contribution in [1.82, 2.24) is 4.90 Å². The third-order valence-corrected chi connectivity index (χ3v) is 7.06. The molecular formula is C28H31NO4. The number of Topliss-reactive ketones (excluding diaryl/α,β-unsaturated/α-hetero) is 1. The molecule has 4 rings (SSSR count). The van der Waals surface area contributed by atoms with Gasteiger partial charge in [-0.15, -0.1) is 0 Å². The molecule has 172 valence electrons. The zero-order chi connectivity index (χ0) is 23.9. The van der Waals surface area contributed by atoms with Crippen LogP contribution in [0.25, 0.3) is 6.08 Å². The number of amides is 1. The van der Waals surface area contributed by atoms with Gasteiger partial charge in [-0.2, -0.15) is 0 Å². The largest absolute Gasteiger partial charge is 0.478 e. The Morgan fingerprint density at radius 1 is 1.12 bits per heavy atom. The van der Waals surface area contributed by atoms with Crippen LogP contribution in [0.3, 0.4) is 0 Å². The number of benzene rings is 2. The van der Waals surface area contributed by atoms with E-state index in [-0.39, 0.29) is 0 Å². The van der Waals surface area contributed by atoms with Crippen molar-refractivity contribution in [3.63, 3.8) is 0 Å². The number of carboxylic acid groups (broad SMARTS) is 1. The van der Waals surface area contributed by atoms with E-state index in [1.165, 1.54) is 16.9 Å². The number of rotatable bonds is 8. The summed E-state index contributed by atoms with van der Waals surface area (Å²) in [5, 5.41) is 9.39. The molecule has 0 aromatic heterocycles. The number of aryl methyl sites for hydroxylation is 2. The number of carbonyl (C=O) groups excluding carboxylic acids is 2. The summed E-state index contributed by atoms with van der Waals surface area (Å²) in [6.07, 6.45) is 5.33. The molecular weight excluding hydrogens is 414 g/mol. The van der Waals surface area contributed by atoms with Crippen LogP contribution in [0.15, 0.2) is 35.9 Å². The molecule has 0 bridgehead atoms. The highest BCUT2D eigenvalue weighted by atomic mass is 16.4. The average molecular weight is 446 g/mol. The molecule has 5 heteroatoms. The summed E-state index contributed by atoms with van der Waals surface area (Å²) in [5.74, 6) is -0.563. The first-order valence-electron chi connectivity index (χ1n) is 11.6. The molecule has 2 aliphatic carbocycles. The Labute approximate surface area is 195 Å². The third-order valence-electron chi connectivity index (χ3n) is 7.06. The molecule has 2 atom stereocenters. The van der Waals surface area contributed by atoms with Gasteiger partial charge in [-0.25, -0.2) is 4.79 Å². The van der Waals surface area contributed by atoms with E-state index in [2.05, 4.69) is 19.1 Å². The van der Waals surface area contributed by atoms with Crippen molar-refractivity contribution in [3.8, 4) is 0 Å². The summed E-state index contributed by atoms with van der Waals surface area (Å²) in [7, 11) is 1.67. The number of hydrogen-bond donors (Lipinski definition) is 1. The Kier molecular flexibility index (Phi) is 6.24. The lowest BCUT2D eigenvalue weighted by Crippen LogP contribution is -2.34. The normalized spacial score (nSPS) is 18.5. The molecule has 0 aliphatic heterocycles. The molecule has 0 saturated heterocycles. The molecule has 1 fully saturated rings. The van der Waals surface area contributed by atoms with Gasteiger partial charge >= 0.3 is 5.97 Å². The van der Waals surface area contributed by atoms with E-state index in [0.717, 1.165) is 34.2 Å². The molecule has 2 aliphatic rings. The predicted octanol–water partition coefficient (Wildman–Crippen LogP) is 5.19. The highest BCUT2D eigenvalue weighted by molar-refractivity contribution is 6.43. The Morgan fingerprint density at radius 3 is 2.39 bits per heavy atom. The van der Waals surface area contributed by atoms with E-state index in [0.29, 0.717) is 42.3 Å². The van der Waals surface area contributed by atoms with Crippen LogP contribution in [0.1, 0.15) is 80.6 Å². The van der Waals surface area contributed by atoms with Gasteiger partial charge in [0.05, 0.1) is 5.56 Å². The number of ketones is 1. The lowest BCUT2D eigenvalue weighted by molar-refractivity contribution is -0.125. The smallest absolute Gasteiger partial charge is 0.335 e. The first-order chi connectivity index (χ1) is 15.7. The molecule has 33 heavy (non-hydrogen) atoms. The number of carboxylic acids is 1. The summed E-state index contributed by atoms with van der Waals surface area (Å²) >= 11 is 0. The number of nitrogens with zero attached hydrogens (tertiary/aromatic N) is 1. The van der Waals surface area contributed by atoms with E-state index in [1.54, 1.807) is 19.2 Å². The van der Waals surface area contributed by atoms with Crippen LogP contribution >= 0.6 is 0 Å². The molecule has 1 saturated carbocycles. The van der Waals surface area contributed by atoms with E-state index in [4.69, 9.17) is 0 Å². The zero-order valence-corrected chi connectivity index (χ0v) is 19.8. The number of carbonyl (C=O) groups is 3. The van der Waals surface area contributed by atoms with E-state index < -0.39 is 17.7 Å². The maximum absolute atomic E-state index is 13.0. The second-order valence-corrected chi connectivity index (χ2v) is 9.67. The van der Waals surface area contributed by atoms with Crippen LogP contribution in [0.4, 0.5) is 0 Å². The fourth-order valence-corrected chi connectivity index (χ4v) is 5.08. The Morgan fingerprint density at radius 2 is 1.79 bits per heavy atom. The fraction of sp³-hybridized carbons (Fsp3) is 0.393. The van der Waals surface area contributed by atoms with Crippen molar-refractivity contribution in [1.29, 1.82) is 0 Å². The topological polar surface area (TPSA) is 74.7 Å². The summed E-state index contributed by atoms with van der Waals surface area (Å²) < 4.78 is 0. The second-order valence-electron chi connectivity index (χ2n) is 9.67. The molecule has 2 aromatic rings. The number of fused-ring (bicyclic) bond motifs is 1. The van der Waals surface area contributed by atoms with Gasteiger partial charge < -0.3 is 10.0 Å². The molecule has 1 amide bonds. The molecule has 0 heterocycles. The van der Waals surface area contributed by atoms with Crippen molar-refractivity contribution in [2.75, 3.05) is 13.6 Å². The van der Waals surface area contributed by atoms with Crippen molar-refractivity contribution < 1.29 is 19.5 Å². The number of aromatic carboxylic acids is 1. The van der Waals surface area contributed by atoms with Gasteiger partial charge in [0.2, 0.25) is 0 Å². The molecule has 5 nitrogen and oxygen atoms in total. The van der Waals surface area contributed by atoms with Crippen molar-refractivity contribution in [3.05, 3.63) is 74.8 Å². The Hall–Kier alpha value is -3.21. The average Bonchev–Trinajstić information content (AvgIpc) is 3.34. The van der Waals surface area contributed by atoms with Gasteiger partial charge in [0.15, 0.2) is 0 Å². The van der Waals surface area contributed by atoms with Gasteiger partial charge in [-0.05, 0) is 85.3 Å². The van der Waals surface area contributed by atoms with Crippen molar-refractivity contribution in [2.45, 2.75) is 52.4 Å². The SMILES string of the molecule is Cc1cc(C2CC2C)cc(C)c1C(=O)C(=O)N(C)CCCC1=Cc2cccc(C(=O)O)c2C1. The highest BCUT2D eigenvalue weighted by Crippen LogP contribution is 2.47. The van der Waals surface area contributed by atoms with Crippen LogP contribution in [-0.2, 0) is 11.2 Å². The molecule has 1 N–H and O–H groups in total. The first-order valence-corrected chi connectivity index (χ1v) is 11.6. The van der Waals surface area contributed by atoms with Gasteiger partial charge in [-0.1, -0.05) is 42.8 Å². The zero-order valence-electron chi connectivity index (χ0n) is 19.8. The Bertz CT molecular complexity index is 1150. The number of hydrogen-bond acceptors (Lipinski definition) is 3. The summed E-state index contributed by atoms with van der Waals surface area (Å²) in [4.78, 5) is 38.8. The monoisotopic (exact) mass is 445 g/mol. The molecule has 0 radical (unpaired) electrons. The number of likely N-dealkylation sites (N-methyl/N-ethyl adjacent to an activating group) is 1. The number of allylic oxidation sites excluding steroid dienone is 1. The summed E-state index contributed by atoms with van der Waals surface area (Å²) in [5.41, 5.74) is 6.87. The minimum atomic E-state index is -0.907. The third kappa shape index (κ3) is 4.63. The first kappa shape index (κ1) is 23.0. The minimum Gasteiger partial charge on any atom is -0.478 e. The second kappa shape index (κ2) is 8.97. The minimum absolute atomic E-state index is 0.351. The van der Waals surface area contributed by atoms with Crippen LogP contribution in [0.2, 0.25) is 0 Å². The van der Waals surface area contributed by atoms with Gasteiger partial charge in [0, 0.05) is 19.2 Å². The van der Waals surface area contributed by atoms with Crippen LogP contribution in [0, 0.1) is 19.8 Å². The Balaban J connectivity index is 1.34. The quantitative estimate of drug-likeness (QED) is 0.448. The van der Waals surface area contributed by atoms with Gasteiger partial charge in [0.1, 0.15) is 0 Å². The van der Waals surface area contributed by atoms with Gasteiger partial charge in [0.25, 0.3) is 11.7 Å². The molecule has 0 spiro atoms. The van der Waals surface area contributed by atoms with Crippen LogP contribution in [-0.4, -0.2) is 41.3 Å². The van der Waals surface area contributed by atoms with Gasteiger partial charge in [-0.3, -0.25) is 9.59 Å². The fourth-order valence-electron chi connectivity index (χ4n) is 5.08. The van der Waals surface area contributed by atoms with E-state index in [9.17, 15) is 19.5 Å². The van der Waals surface area contributed by atoms with E-state index in [1.807, 2.05) is 26.0 Å². The van der Waals surface area contributed by atoms with Crippen molar-refractivity contribution in [2.24, 2.45) is 5.92 Å². The summed E-state index contributed by atoms with van der Waals surface area (Å²) in [6, 6.07) is 9.47. The maximum atomic E-state index is 13.0. The van der Waals surface area contributed by atoms with E-state index >= 15 is 0 Å². The molecule has 2 unspecified atom stereocenters. The van der Waals surface area contributed by atoms with Crippen LogP contribution in [0.5, 0.6) is 0 Å². The predicted molar refractivity (Wildman–Crippen MR) is 129 cm³/mol. The molecule has 2 aromatic carbocycles. The standard InChI is InChI=1S/C28H31NO4/c1-16-13-23(16)21-11-17(2)25(18(3)12-21)26(30)27(31)29(4)10-6-7-19-14-20-8-5-9-22(28(32)33)24(20)15-19/h5,8-9,11-12,14,16,23H,6-7,10,13,15H2,1-4H3,(H,32,33). The maximum Gasteiger partial charge on any atom is 0.335 e. The van der Waals surface area contributed by atoms with Crippen molar-refractivity contribution >= 4 is 23.7 Å². The highest BCUT2D eigenvalue weighted by Gasteiger charge is 2.35.